The summed E-state index contributed by atoms with van der Waals surface area (Å²) in [5, 5.41) is 11.9. The van der Waals surface area contributed by atoms with E-state index in [1.165, 1.54) is 0 Å². The molecule has 3 nitrogen and oxygen atoms in total. The zero-order valence-electron chi connectivity index (χ0n) is 7.86. The summed E-state index contributed by atoms with van der Waals surface area (Å²) in [6.45, 7) is 1.56. The minimum atomic E-state index is 0.437. The van der Waals surface area contributed by atoms with Crippen LogP contribution in [0.5, 0.6) is 0 Å². The van der Waals surface area contributed by atoms with Crippen LogP contribution in [-0.4, -0.2) is 19.3 Å². The molecule has 1 aromatic rings. The summed E-state index contributed by atoms with van der Waals surface area (Å²) in [6, 6.07) is 10.5. The summed E-state index contributed by atoms with van der Waals surface area (Å²) in [5.41, 5.74) is 2.13. The second-order valence-corrected chi connectivity index (χ2v) is 3.41. The van der Waals surface area contributed by atoms with Gasteiger partial charge in [-0.05, 0) is 17.7 Å². The van der Waals surface area contributed by atoms with Crippen LogP contribution >= 0.6 is 0 Å². The van der Waals surface area contributed by atoms with Gasteiger partial charge in [0.15, 0.2) is 0 Å². The fraction of sp³-hybridized carbons (Fsp3) is 0.364. The Morgan fingerprint density at radius 3 is 3.00 bits per heavy atom. The maximum Gasteiger partial charge on any atom is 0.0728 e. The lowest BCUT2D eigenvalue weighted by Gasteiger charge is -2.27. The van der Waals surface area contributed by atoms with E-state index in [4.69, 9.17) is 10.00 Å². The van der Waals surface area contributed by atoms with E-state index in [0.29, 0.717) is 12.5 Å². The van der Waals surface area contributed by atoms with Crippen molar-refractivity contribution in [3.05, 3.63) is 29.8 Å². The molecule has 0 amide bonds. The number of rotatable bonds is 3. The van der Waals surface area contributed by atoms with Crippen molar-refractivity contribution >= 4 is 5.69 Å². The molecule has 0 aliphatic carbocycles. The third-order valence-electron chi connectivity index (χ3n) is 2.22. The normalized spacial score (nSPS) is 15.6. The summed E-state index contributed by atoms with van der Waals surface area (Å²) in [7, 11) is 0. The number of benzene rings is 1. The highest BCUT2D eigenvalue weighted by atomic mass is 16.5. The van der Waals surface area contributed by atoms with Crippen LogP contribution in [0.25, 0.3) is 0 Å². The first-order valence-corrected chi connectivity index (χ1v) is 4.68. The molecule has 0 radical (unpaired) electrons. The third-order valence-corrected chi connectivity index (χ3v) is 2.22. The Hall–Kier alpha value is -1.53. The molecule has 14 heavy (non-hydrogen) atoms. The summed E-state index contributed by atoms with van der Waals surface area (Å²) in [4.78, 5) is 0. The zero-order chi connectivity index (χ0) is 9.80. The number of ether oxygens (including phenoxy) is 1. The molecule has 0 atom stereocenters. The Kier molecular flexibility index (Phi) is 2.66. The van der Waals surface area contributed by atoms with Gasteiger partial charge < -0.3 is 10.1 Å². The highest BCUT2D eigenvalue weighted by Gasteiger charge is 2.17. The van der Waals surface area contributed by atoms with E-state index in [0.717, 1.165) is 24.5 Å². The van der Waals surface area contributed by atoms with Crippen molar-refractivity contribution in [1.82, 2.24) is 0 Å². The van der Waals surface area contributed by atoms with E-state index >= 15 is 0 Å². The Bertz CT molecular complexity index is 353. The van der Waals surface area contributed by atoms with Gasteiger partial charge in [-0.25, -0.2) is 0 Å². The van der Waals surface area contributed by atoms with Gasteiger partial charge in [0.25, 0.3) is 0 Å². The average Bonchev–Trinajstić information content (AvgIpc) is 2.13. The van der Waals surface area contributed by atoms with E-state index in [1.54, 1.807) is 0 Å². The second kappa shape index (κ2) is 4.12. The molecule has 1 N–H and O–H groups in total. The SMILES string of the molecule is N#CCc1cccc(NC2COC2)c1. The average molecular weight is 188 g/mol. The minimum absolute atomic E-state index is 0.437. The van der Waals surface area contributed by atoms with Crippen LogP contribution in [0, 0.1) is 11.3 Å². The van der Waals surface area contributed by atoms with Crippen LogP contribution in [0.1, 0.15) is 5.56 Å². The first-order valence-electron chi connectivity index (χ1n) is 4.68. The maximum atomic E-state index is 8.56. The Morgan fingerprint density at radius 2 is 2.36 bits per heavy atom. The molecule has 72 valence electrons. The fourth-order valence-corrected chi connectivity index (χ4v) is 1.42. The first kappa shape index (κ1) is 9.04. The van der Waals surface area contributed by atoms with Gasteiger partial charge in [0.1, 0.15) is 0 Å². The molecule has 1 aromatic carbocycles. The van der Waals surface area contributed by atoms with Crippen molar-refractivity contribution < 1.29 is 4.74 Å². The van der Waals surface area contributed by atoms with Gasteiger partial charge in [0, 0.05) is 5.69 Å². The molecule has 1 aliphatic rings. The molecular weight excluding hydrogens is 176 g/mol. The number of nitrogens with zero attached hydrogens (tertiary/aromatic N) is 1. The van der Waals surface area contributed by atoms with Crippen LogP contribution in [0.3, 0.4) is 0 Å². The molecule has 2 rings (SSSR count). The lowest BCUT2D eigenvalue weighted by molar-refractivity contribution is 0.0211. The molecule has 0 saturated carbocycles. The van der Waals surface area contributed by atoms with Crippen molar-refractivity contribution in [2.24, 2.45) is 0 Å². The largest absolute Gasteiger partial charge is 0.378 e. The lowest BCUT2D eigenvalue weighted by Crippen LogP contribution is -2.40. The number of nitrogens with one attached hydrogen (secondary N) is 1. The van der Waals surface area contributed by atoms with E-state index in [2.05, 4.69) is 11.4 Å². The van der Waals surface area contributed by atoms with E-state index in [9.17, 15) is 0 Å². The number of hydrogen-bond acceptors (Lipinski definition) is 3. The van der Waals surface area contributed by atoms with Crippen molar-refractivity contribution in [1.29, 1.82) is 5.26 Å². The van der Waals surface area contributed by atoms with E-state index in [1.807, 2.05) is 24.3 Å². The van der Waals surface area contributed by atoms with Gasteiger partial charge in [-0.2, -0.15) is 5.26 Å². The molecule has 1 heterocycles. The Balaban J connectivity index is 2.02. The summed E-state index contributed by atoms with van der Waals surface area (Å²) >= 11 is 0. The Morgan fingerprint density at radius 1 is 1.50 bits per heavy atom. The smallest absolute Gasteiger partial charge is 0.0728 e. The van der Waals surface area contributed by atoms with Gasteiger partial charge >= 0.3 is 0 Å². The molecule has 0 unspecified atom stereocenters. The van der Waals surface area contributed by atoms with Gasteiger partial charge in [0.05, 0.1) is 31.7 Å². The third kappa shape index (κ3) is 2.04. The van der Waals surface area contributed by atoms with Gasteiger partial charge in [0.2, 0.25) is 0 Å². The van der Waals surface area contributed by atoms with Crippen molar-refractivity contribution in [2.45, 2.75) is 12.5 Å². The Labute approximate surface area is 83.3 Å². The molecule has 3 heteroatoms. The van der Waals surface area contributed by atoms with Crippen molar-refractivity contribution in [3.8, 4) is 6.07 Å². The second-order valence-electron chi connectivity index (χ2n) is 3.41. The molecule has 1 saturated heterocycles. The standard InChI is InChI=1S/C11H12N2O/c12-5-4-9-2-1-3-10(6-9)13-11-7-14-8-11/h1-3,6,11,13H,4,7-8H2. The summed E-state index contributed by atoms with van der Waals surface area (Å²) in [6.07, 6.45) is 0.469. The lowest BCUT2D eigenvalue weighted by atomic mass is 10.1. The van der Waals surface area contributed by atoms with Crippen LogP contribution < -0.4 is 5.32 Å². The van der Waals surface area contributed by atoms with Gasteiger partial charge in [-0.1, -0.05) is 12.1 Å². The number of hydrogen-bond donors (Lipinski definition) is 1. The van der Waals surface area contributed by atoms with Crippen molar-refractivity contribution in [2.75, 3.05) is 18.5 Å². The minimum Gasteiger partial charge on any atom is -0.378 e. The highest BCUT2D eigenvalue weighted by molar-refractivity contribution is 5.47. The molecular formula is C11H12N2O. The monoisotopic (exact) mass is 188 g/mol. The molecule has 0 spiro atoms. The van der Waals surface area contributed by atoms with Gasteiger partial charge in [-0.15, -0.1) is 0 Å². The van der Waals surface area contributed by atoms with Crippen LogP contribution in [0.15, 0.2) is 24.3 Å². The molecule has 1 fully saturated rings. The van der Waals surface area contributed by atoms with Gasteiger partial charge in [-0.3, -0.25) is 0 Å². The highest BCUT2D eigenvalue weighted by Crippen LogP contribution is 2.14. The molecule has 1 aliphatic heterocycles. The first-order chi connectivity index (χ1) is 6.88. The van der Waals surface area contributed by atoms with E-state index < -0.39 is 0 Å². The van der Waals surface area contributed by atoms with Crippen LogP contribution in [0.4, 0.5) is 5.69 Å². The summed E-state index contributed by atoms with van der Waals surface area (Å²) < 4.78 is 5.07. The topological polar surface area (TPSA) is 45.0 Å². The molecule has 0 aromatic heterocycles. The van der Waals surface area contributed by atoms with E-state index in [-0.39, 0.29) is 0 Å². The molecule has 0 bridgehead atoms. The number of anilines is 1. The zero-order valence-corrected chi connectivity index (χ0v) is 7.86. The number of nitriles is 1. The van der Waals surface area contributed by atoms with Crippen molar-refractivity contribution in [3.63, 3.8) is 0 Å². The summed E-state index contributed by atoms with van der Waals surface area (Å²) in [5.74, 6) is 0. The maximum absolute atomic E-state index is 8.56. The van der Waals surface area contributed by atoms with Crippen LogP contribution in [-0.2, 0) is 11.2 Å². The fourth-order valence-electron chi connectivity index (χ4n) is 1.42. The predicted molar refractivity (Wildman–Crippen MR) is 54.0 cm³/mol. The van der Waals surface area contributed by atoms with Crippen LogP contribution in [0.2, 0.25) is 0 Å². The quantitative estimate of drug-likeness (QED) is 0.783. The predicted octanol–water partition coefficient (Wildman–Crippen LogP) is 1.56.